The van der Waals surface area contributed by atoms with Crippen LogP contribution in [0.1, 0.15) is 18.9 Å². The average molecular weight is 264 g/mol. The number of nitrogens with one attached hydrogen (secondary N) is 1. The standard InChI is InChI=1S/C9H7Cl2NO2S/c1-9(3-6(13)12-8(9)14)4-2-5(10)15-7(4)11/h2H,3H2,1H3,(H,12,13,14). The predicted octanol–water partition coefficient (Wildman–Crippen LogP) is 2.36. The highest BCUT2D eigenvalue weighted by Crippen LogP contribution is 2.42. The Hall–Kier alpha value is -0.580. The zero-order valence-corrected chi connectivity index (χ0v) is 10.1. The number of amides is 2. The molecule has 0 saturated carbocycles. The van der Waals surface area contributed by atoms with Crippen molar-refractivity contribution >= 4 is 46.4 Å². The first-order valence-electron chi connectivity index (χ1n) is 4.23. The van der Waals surface area contributed by atoms with Gasteiger partial charge in [0.2, 0.25) is 11.8 Å². The molecule has 2 heterocycles. The Labute approximate surface area is 100 Å². The van der Waals surface area contributed by atoms with Gasteiger partial charge in [0.05, 0.1) is 14.1 Å². The van der Waals surface area contributed by atoms with E-state index < -0.39 is 5.41 Å². The molecular formula is C9H7Cl2NO2S. The third-order valence-corrected chi connectivity index (χ3v) is 4.01. The maximum absolute atomic E-state index is 11.6. The van der Waals surface area contributed by atoms with Gasteiger partial charge in [-0.1, -0.05) is 23.2 Å². The second-order valence-electron chi connectivity index (χ2n) is 3.62. The Balaban J connectivity index is 2.50. The first kappa shape index (κ1) is 10.9. The molecule has 2 rings (SSSR count). The summed E-state index contributed by atoms with van der Waals surface area (Å²) < 4.78 is 0.982. The first-order valence-corrected chi connectivity index (χ1v) is 5.80. The van der Waals surface area contributed by atoms with E-state index in [9.17, 15) is 9.59 Å². The molecule has 1 fully saturated rings. The lowest BCUT2D eigenvalue weighted by atomic mass is 9.83. The van der Waals surface area contributed by atoms with E-state index in [1.54, 1.807) is 13.0 Å². The van der Waals surface area contributed by atoms with Gasteiger partial charge in [-0.3, -0.25) is 14.9 Å². The van der Waals surface area contributed by atoms with Crippen LogP contribution < -0.4 is 5.32 Å². The van der Waals surface area contributed by atoms with E-state index in [1.165, 1.54) is 11.3 Å². The SMILES string of the molecule is CC1(c2cc(Cl)sc2Cl)CC(=O)NC1=O. The van der Waals surface area contributed by atoms with Crippen LogP contribution >= 0.6 is 34.5 Å². The van der Waals surface area contributed by atoms with E-state index in [-0.39, 0.29) is 18.2 Å². The summed E-state index contributed by atoms with van der Waals surface area (Å²) in [6, 6.07) is 1.65. The maximum Gasteiger partial charge on any atom is 0.237 e. The lowest BCUT2D eigenvalue weighted by Crippen LogP contribution is -2.32. The van der Waals surface area contributed by atoms with Crippen molar-refractivity contribution in [1.29, 1.82) is 0 Å². The maximum atomic E-state index is 11.6. The van der Waals surface area contributed by atoms with E-state index in [0.717, 1.165) is 0 Å². The minimum Gasteiger partial charge on any atom is -0.296 e. The molecule has 80 valence electrons. The van der Waals surface area contributed by atoms with Gasteiger partial charge in [-0.15, -0.1) is 11.3 Å². The molecule has 0 aromatic carbocycles. The molecule has 1 N–H and O–H groups in total. The van der Waals surface area contributed by atoms with Crippen LogP contribution in [0, 0.1) is 0 Å². The van der Waals surface area contributed by atoms with Gasteiger partial charge in [0.15, 0.2) is 0 Å². The number of hydrogen-bond donors (Lipinski definition) is 1. The second-order valence-corrected chi connectivity index (χ2v) is 5.91. The molecule has 3 nitrogen and oxygen atoms in total. The molecule has 1 aromatic rings. The molecule has 15 heavy (non-hydrogen) atoms. The highest BCUT2D eigenvalue weighted by atomic mass is 35.5. The summed E-state index contributed by atoms with van der Waals surface area (Å²) in [4.78, 5) is 22.8. The summed E-state index contributed by atoms with van der Waals surface area (Å²) in [5, 5.41) is 2.27. The number of rotatable bonds is 1. The Morgan fingerprint density at radius 2 is 2.13 bits per heavy atom. The molecule has 0 radical (unpaired) electrons. The molecule has 0 bridgehead atoms. The number of thiophene rings is 1. The van der Waals surface area contributed by atoms with E-state index in [4.69, 9.17) is 23.2 Å². The summed E-state index contributed by atoms with van der Waals surface area (Å²) in [7, 11) is 0. The van der Waals surface area contributed by atoms with Crippen LogP contribution in [0.25, 0.3) is 0 Å². The highest BCUT2D eigenvalue weighted by molar-refractivity contribution is 7.20. The fourth-order valence-corrected chi connectivity index (χ4v) is 3.36. The minimum absolute atomic E-state index is 0.124. The van der Waals surface area contributed by atoms with Crippen molar-refractivity contribution in [2.24, 2.45) is 0 Å². The first-order chi connectivity index (χ1) is 6.93. The smallest absolute Gasteiger partial charge is 0.237 e. The summed E-state index contributed by atoms with van der Waals surface area (Å²) in [6.07, 6.45) is 0.124. The lowest BCUT2D eigenvalue weighted by Gasteiger charge is -2.18. The quantitative estimate of drug-likeness (QED) is 0.791. The number of halogens is 2. The molecule has 0 spiro atoms. The largest absolute Gasteiger partial charge is 0.296 e. The fraction of sp³-hybridized carbons (Fsp3) is 0.333. The van der Waals surface area contributed by atoms with Crippen molar-refractivity contribution in [2.45, 2.75) is 18.8 Å². The van der Waals surface area contributed by atoms with Crippen LogP contribution in [-0.4, -0.2) is 11.8 Å². The highest BCUT2D eigenvalue weighted by Gasteiger charge is 2.45. The Morgan fingerprint density at radius 1 is 1.47 bits per heavy atom. The van der Waals surface area contributed by atoms with Gasteiger partial charge in [-0.05, 0) is 18.6 Å². The zero-order valence-electron chi connectivity index (χ0n) is 7.77. The molecule has 1 aliphatic heterocycles. The third kappa shape index (κ3) is 1.67. The van der Waals surface area contributed by atoms with E-state index >= 15 is 0 Å². The van der Waals surface area contributed by atoms with Crippen molar-refractivity contribution in [3.8, 4) is 0 Å². The van der Waals surface area contributed by atoms with Crippen molar-refractivity contribution in [3.05, 3.63) is 20.3 Å². The van der Waals surface area contributed by atoms with Crippen LogP contribution in [-0.2, 0) is 15.0 Å². The van der Waals surface area contributed by atoms with Gasteiger partial charge >= 0.3 is 0 Å². The van der Waals surface area contributed by atoms with Gasteiger partial charge in [0.1, 0.15) is 0 Å². The summed E-state index contributed by atoms with van der Waals surface area (Å²) in [5.74, 6) is -0.593. The molecule has 1 atom stereocenters. The molecule has 6 heteroatoms. The normalized spacial score (nSPS) is 25.8. The topological polar surface area (TPSA) is 46.2 Å². The fourth-order valence-electron chi connectivity index (χ4n) is 1.64. The summed E-state index contributed by atoms with van der Waals surface area (Å²) >= 11 is 13.0. The van der Waals surface area contributed by atoms with Crippen LogP contribution in [0.2, 0.25) is 8.67 Å². The van der Waals surface area contributed by atoms with Crippen LogP contribution in [0.4, 0.5) is 0 Å². The van der Waals surface area contributed by atoms with E-state index in [0.29, 0.717) is 14.2 Å². The zero-order chi connectivity index (χ0) is 11.2. The Morgan fingerprint density at radius 3 is 2.53 bits per heavy atom. The number of carbonyl (C=O) groups is 2. The van der Waals surface area contributed by atoms with Gasteiger partial charge in [-0.2, -0.15) is 0 Å². The molecule has 1 unspecified atom stereocenters. The minimum atomic E-state index is -0.877. The van der Waals surface area contributed by atoms with Crippen molar-refractivity contribution < 1.29 is 9.59 Å². The Kier molecular flexibility index (Phi) is 2.53. The molecule has 2 amide bonds. The lowest BCUT2D eigenvalue weighted by molar-refractivity contribution is -0.126. The Bertz CT molecular complexity index is 457. The van der Waals surface area contributed by atoms with Crippen LogP contribution in [0.15, 0.2) is 6.07 Å². The third-order valence-electron chi connectivity index (χ3n) is 2.52. The predicted molar refractivity (Wildman–Crippen MR) is 59.5 cm³/mol. The van der Waals surface area contributed by atoms with Gasteiger partial charge in [0.25, 0.3) is 0 Å². The van der Waals surface area contributed by atoms with E-state index in [2.05, 4.69) is 5.32 Å². The van der Waals surface area contributed by atoms with E-state index in [1.807, 2.05) is 0 Å². The monoisotopic (exact) mass is 263 g/mol. The molecule has 1 saturated heterocycles. The van der Waals surface area contributed by atoms with Gasteiger partial charge in [-0.25, -0.2) is 0 Å². The van der Waals surface area contributed by atoms with Crippen molar-refractivity contribution in [3.63, 3.8) is 0 Å². The van der Waals surface area contributed by atoms with Gasteiger partial charge < -0.3 is 0 Å². The number of hydrogen-bond acceptors (Lipinski definition) is 3. The van der Waals surface area contributed by atoms with Crippen molar-refractivity contribution in [2.75, 3.05) is 0 Å². The molecule has 1 aliphatic rings. The average Bonchev–Trinajstić information content (AvgIpc) is 2.55. The number of imide groups is 1. The van der Waals surface area contributed by atoms with Crippen LogP contribution in [0.3, 0.4) is 0 Å². The van der Waals surface area contributed by atoms with Gasteiger partial charge in [0, 0.05) is 6.42 Å². The summed E-state index contributed by atoms with van der Waals surface area (Å²) in [6.45, 7) is 1.69. The number of carbonyl (C=O) groups excluding carboxylic acids is 2. The second kappa shape index (κ2) is 3.47. The molecule has 1 aromatic heterocycles. The molecular weight excluding hydrogens is 257 g/mol. The van der Waals surface area contributed by atoms with Crippen molar-refractivity contribution in [1.82, 2.24) is 5.32 Å². The molecule has 0 aliphatic carbocycles. The summed E-state index contributed by atoms with van der Waals surface area (Å²) in [5.41, 5.74) is -0.250. The van der Waals surface area contributed by atoms with Crippen LogP contribution in [0.5, 0.6) is 0 Å².